The highest BCUT2D eigenvalue weighted by molar-refractivity contribution is 5.95. The number of ether oxygens (including phenoxy) is 1. The van der Waals surface area contributed by atoms with Crippen molar-refractivity contribution in [2.24, 2.45) is 5.73 Å². The Labute approximate surface area is 163 Å². The molecule has 0 atom stereocenters. The molecule has 1 aliphatic heterocycles. The Morgan fingerprint density at radius 3 is 2.62 bits per heavy atom. The molecule has 152 valence electrons. The second kappa shape index (κ2) is 7.82. The van der Waals surface area contributed by atoms with E-state index in [1.54, 1.807) is 11.9 Å². The number of para-hydroxylation sites is 2. The summed E-state index contributed by atoms with van der Waals surface area (Å²) in [5.41, 5.74) is 5.35. The van der Waals surface area contributed by atoms with Gasteiger partial charge in [-0.25, -0.2) is 4.98 Å². The number of pyridine rings is 1. The molecule has 0 saturated heterocycles. The third kappa shape index (κ3) is 4.31. The van der Waals surface area contributed by atoms with Crippen molar-refractivity contribution in [1.29, 1.82) is 0 Å². The molecule has 3 aromatic rings. The number of amides is 2. The molecular weight excluding hydrogens is 389 g/mol. The first-order valence-electron chi connectivity index (χ1n) is 8.51. The molecule has 4 rings (SSSR count). The number of alkyl halides is 3. The number of benzene rings is 1. The molecule has 10 heteroatoms. The minimum Gasteiger partial charge on any atom is -0.491 e. The van der Waals surface area contributed by atoms with E-state index in [-0.39, 0.29) is 11.7 Å². The van der Waals surface area contributed by atoms with Crippen LogP contribution in [0.1, 0.15) is 22.6 Å². The number of nitrogens with two attached hydrogens (primary N) is 1. The van der Waals surface area contributed by atoms with Crippen molar-refractivity contribution in [2.45, 2.75) is 12.6 Å². The van der Waals surface area contributed by atoms with Crippen molar-refractivity contribution < 1.29 is 27.5 Å². The number of carbonyl (C=O) groups is 2. The zero-order valence-electron chi connectivity index (χ0n) is 15.3. The molecule has 1 aliphatic rings. The molecule has 3 heterocycles. The number of carbonyl (C=O) groups excluding carboxylic acids is 2. The zero-order valence-corrected chi connectivity index (χ0v) is 15.3. The van der Waals surface area contributed by atoms with Crippen molar-refractivity contribution in [1.82, 2.24) is 9.38 Å². The lowest BCUT2D eigenvalue weighted by Crippen LogP contribution is -2.24. The van der Waals surface area contributed by atoms with Gasteiger partial charge in [0.1, 0.15) is 5.75 Å². The maximum Gasteiger partial charge on any atom is 0.417 e. The third-order valence-corrected chi connectivity index (χ3v) is 4.25. The summed E-state index contributed by atoms with van der Waals surface area (Å²) in [5, 5.41) is 0. The van der Waals surface area contributed by atoms with Gasteiger partial charge in [-0.15, -0.1) is 0 Å². The topological polar surface area (TPSA) is 89.9 Å². The Balaban J connectivity index is 0.000000169. The summed E-state index contributed by atoms with van der Waals surface area (Å²) in [6.07, 6.45) is -1.94. The van der Waals surface area contributed by atoms with E-state index in [0.717, 1.165) is 28.1 Å². The number of rotatable bonds is 1. The molecule has 2 N–H and O–H groups in total. The normalized spacial score (nSPS) is 13.8. The van der Waals surface area contributed by atoms with Crippen molar-refractivity contribution in [3.8, 4) is 5.75 Å². The summed E-state index contributed by atoms with van der Waals surface area (Å²) >= 11 is 0. The molecule has 0 unspecified atom stereocenters. The molecule has 1 aromatic carbocycles. The van der Waals surface area contributed by atoms with E-state index < -0.39 is 17.6 Å². The zero-order chi connectivity index (χ0) is 21.2. The smallest absolute Gasteiger partial charge is 0.417 e. The highest BCUT2D eigenvalue weighted by Crippen LogP contribution is 2.30. The minimum atomic E-state index is -4.46. The molecule has 0 aliphatic carbocycles. The summed E-state index contributed by atoms with van der Waals surface area (Å²) in [6, 6.07) is 9.72. The van der Waals surface area contributed by atoms with E-state index in [1.807, 2.05) is 24.3 Å². The number of imidazole rings is 1. The number of halogens is 3. The molecule has 0 bridgehead atoms. The summed E-state index contributed by atoms with van der Waals surface area (Å²) < 4.78 is 43.7. The fourth-order valence-corrected chi connectivity index (χ4v) is 2.75. The molecule has 0 spiro atoms. The number of hydrogen-bond acceptors (Lipinski definition) is 4. The first kappa shape index (κ1) is 20.2. The van der Waals surface area contributed by atoms with Crippen LogP contribution in [0.15, 0.2) is 48.8 Å². The molecule has 0 radical (unpaired) electrons. The molecule has 29 heavy (non-hydrogen) atoms. The minimum absolute atomic E-state index is 0.102. The predicted molar refractivity (Wildman–Crippen MR) is 98.7 cm³/mol. The number of aromatic nitrogens is 2. The summed E-state index contributed by atoms with van der Waals surface area (Å²) in [5.74, 6) is -0.207. The Hall–Kier alpha value is -3.56. The van der Waals surface area contributed by atoms with Crippen LogP contribution in [0.4, 0.5) is 18.9 Å². The Bertz CT molecular complexity index is 1060. The van der Waals surface area contributed by atoms with Crippen LogP contribution < -0.4 is 15.4 Å². The van der Waals surface area contributed by atoms with E-state index >= 15 is 0 Å². The number of primary amides is 1. The largest absolute Gasteiger partial charge is 0.491 e. The average Bonchev–Trinajstić information content (AvgIpc) is 3.05. The van der Waals surface area contributed by atoms with Gasteiger partial charge in [-0.1, -0.05) is 12.1 Å². The highest BCUT2D eigenvalue weighted by atomic mass is 19.4. The van der Waals surface area contributed by atoms with Crippen LogP contribution in [0.3, 0.4) is 0 Å². The van der Waals surface area contributed by atoms with E-state index in [0.29, 0.717) is 18.5 Å². The predicted octanol–water partition coefficient (Wildman–Crippen LogP) is 2.88. The Morgan fingerprint density at radius 1 is 1.21 bits per heavy atom. The SMILES string of the molecule is CN1C(=O)CCOc2ccccc21.NC(=O)c1ncc2ccc(C(F)(F)F)cn12. The second-order valence-electron chi connectivity index (χ2n) is 6.18. The second-order valence-corrected chi connectivity index (χ2v) is 6.18. The van der Waals surface area contributed by atoms with Crippen LogP contribution in [-0.4, -0.2) is 34.9 Å². The first-order valence-corrected chi connectivity index (χ1v) is 8.51. The molecule has 0 saturated carbocycles. The monoisotopic (exact) mass is 406 g/mol. The van der Waals surface area contributed by atoms with E-state index in [2.05, 4.69) is 4.98 Å². The van der Waals surface area contributed by atoms with E-state index in [9.17, 15) is 22.8 Å². The van der Waals surface area contributed by atoms with Gasteiger partial charge in [0, 0.05) is 13.2 Å². The Kier molecular flexibility index (Phi) is 5.44. The summed E-state index contributed by atoms with van der Waals surface area (Å²) in [4.78, 5) is 27.6. The van der Waals surface area contributed by atoms with Gasteiger partial charge in [0.15, 0.2) is 0 Å². The number of nitrogens with zero attached hydrogens (tertiary/aromatic N) is 3. The molecule has 0 fully saturated rings. The maximum atomic E-state index is 12.4. The van der Waals surface area contributed by atoms with Crippen LogP contribution in [0.5, 0.6) is 5.75 Å². The number of anilines is 1. The lowest BCUT2D eigenvalue weighted by Gasteiger charge is -2.15. The van der Waals surface area contributed by atoms with Crippen LogP contribution in [-0.2, 0) is 11.0 Å². The van der Waals surface area contributed by atoms with Gasteiger partial charge in [-0.2, -0.15) is 13.2 Å². The maximum absolute atomic E-state index is 12.4. The number of hydrogen-bond donors (Lipinski definition) is 1. The fraction of sp³-hybridized carbons (Fsp3) is 0.211. The third-order valence-electron chi connectivity index (χ3n) is 4.25. The van der Waals surface area contributed by atoms with Gasteiger partial charge in [0.25, 0.3) is 5.91 Å². The van der Waals surface area contributed by atoms with Crippen molar-refractivity contribution in [3.63, 3.8) is 0 Å². The fourth-order valence-electron chi connectivity index (χ4n) is 2.75. The van der Waals surface area contributed by atoms with Crippen LogP contribution in [0.2, 0.25) is 0 Å². The average molecular weight is 406 g/mol. The lowest BCUT2D eigenvalue weighted by molar-refractivity contribution is -0.137. The van der Waals surface area contributed by atoms with Gasteiger partial charge in [0.05, 0.1) is 36.0 Å². The number of fused-ring (bicyclic) bond motifs is 2. The quantitative estimate of drug-likeness (QED) is 0.673. The van der Waals surface area contributed by atoms with Crippen LogP contribution in [0, 0.1) is 0 Å². The standard InChI is InChI=1S/C10H11NO2.C9H6F3N3O/c1-11-8-4-2-3-5-9(8)13-7-6-10(11)12;10-9(11,12)5-1-2-6-3-14-8(7(13)16)15(6)4-5/h2-5H,6-7H2,1H3;1-4H,(H2,13,16). The van der Waals surface area contributed by atoms with Crippen molar-refractivity contribution in [3.05, 3.63) is 60.2 Å². The molecule has 2 aromatic heterocycles. The van der Waals surface area contributed by atoms with Crippen molar-refractivity contribution in [2.75, 3.05) is 18.6 Å². The first-order chi connectivity index (χ1) is 13.7. The van der Waals surface area contributed by atoms with Gasteiger partial charge in [-0.3, -0.25) is 14.0 Å². The van der Waals surface area contributed by atoms with Crippen LogP contribution in [0.25, 0.3) is 5.52 Å². The van der Waals surface area contributed by atoms with Gasteiger partial charge < -0.3 is 15.4 Å². The van der Waals surface area contributed by atoms with Crippen LogP contribution >= 0.6 is 0 Å². The lowest BCUT2D eigenvalue weighted by atomic mass is 10.2. The van der Waals surface area contributed by atoms with E-state index in [4.69, 9.17) is 10.5 Å². The summed E-state index contributed by atoms with van der Waals surface area (Å²) in [6.45, 7) is 0.472. The van der Waals surface area contributed by atoms with Gasteiger partial charge in [-0.05, 0) is 24.3 Å². The molecule has 2 amide bonds. The van der Waals surface area contributed by atoms with Gasteiger partial charge >= 0.3 is 6.18 Å². The van der Waals surface area contributed by atoms with Crippen molar-refractivity contribution >= 4 is 23.0 Å². The molecule has 7 nitrogen and oxygen atoms in total. The van der Waals surface area contributed by atoms with E-state index in [1.165, 1.54) is 12.3 Å². The Morgan fingerprint density at radius 2 is 1.93 bits per heavy atom. The molecular formula is C19H17F3N4O3. The van der Waals surface area contributed by atoms with Gasteiger partial charge in [0.2, 0.25) is 11.7 Å². The highest BCUT2D eigenvalue weighted by Gasteiger charge is 2.31. The summed E-state index contributed by atoms with van der Waals surface area (Å²) in [7, 11) is 1.77.